The van der Waals surface area contributed by atoms with E-state index in [1.807, 2.05) is 6.07 Å². The molecule has 1 fully saturated rings. The van der Waals surface area contributed by atoms with Gasteiger partial charge in [-0.05, 0) is 30.5 Å². The third-order valence-corrected chi connectivity index (χ3v) is 3.33. The van der Waals surface area contributed by atoms with Gasteiger partial charge in [-0.3, -0.25) is 4.79 Å². The molecular formula is C13H14ClNO3. The van der Waals surface area contributed by atoms with Crippen molar-refractivity contribution in [3.8, 4) is 0 Å². The van der Waals surface area contributed by atoms with Crippen LogP contribution in [-0.2, 0) is 16.1 Å². The first kappa shape index (κ1) is 12.9. The van der Waals surface area contributed by atoms with E-state index in [1.165, 1.54) is 4.90 Å². The lowest BCUT2D eigenvalue weighted by molar-refractivity contribution is -0.153. The summed E-state index contributed by atoms with van der Waals surface area (Å²) in [7, 11) is 0. The highest BCUT2D eigenvalue weighted by molar-refractivity contribution is 6.30. The minimum absolute atomic E-state index is 0.103. The van der Waals surface area contributed by atoms with Crippen molar-refractivity contribution in [2.45, 2.75) is 31.8 Å². The Labute approximate surface area is 110 Å². The summed E-state index contributed by atoms with van der Waals surface area (Å²) in [5.41, 5.74) is 0.851. The van der Waals surface area contributed by atoms with Crippen LogP contribution >= 0.6 is 11.6 Å². The normalized spacial score (nSPS) is 19.9. The highest BCUT2D eigenvalue weighted by Gasteiger charge is 2.32. The van der Waals surface area contributed by atoms with E-state index in [0.717, 1.165) is 5.56 Å². The van der Waals surface area contributed by atoms with Crippen LogP contribution in [0.25, 0.3) is 0 Å². The predicted octanol–water partition coefficient (Wildman–Crippen LogP) is 2.31. The molecule has 4 nitrogen and oxygen atoms in total. The van der Waals surface area contributed by atoms with Gasteiger partial charge >= 0.3 is 5.97 Å². The molecule has 1 amide bonds. The summed E-state index contributed by atoms with van der Waals surface area (Å²) < 4.78 is 0. The van der Waals surface area contributed by atoms with Gasteiger partial charge in [0.1, 0.15) is 6.04 Å². The van der Waals surface area contributed by atoms with Crippen LogP contribution in [0.15, 0.2) is 24.3 Å². The van der Waals surface area contributed by atoms with E-state index in [-0.39, 0.29) is 5.91 Å². The fraction of sp³-hybridized carbons (Fsp3) is 0.385. The van der Waals surface area contributed by atoms with Gasteiger partial charge in [-0.2, -0.15) is 0 Å². The molecule has 0 radical (unpaired) electrons. The molecule has 1 atom stereocenters. The van der Waals surface area contributed by atoms with Crippen molar-refractivity contribution >= 4 is 23.5 Å². The Hall–Kier alpha value is -1.55. The largest absolute Gasteiger partial charge is 0.480 e. The van der Waals surface area contributed by atoms with Crippen LogP contribution in [0.5, 0.6) is 0 Å². The maximum atomic E-state index is 11.8. The third kappa shape index (κ3) is 2.82. The standard InChI is InChI=1S/C13H14ClNO3/c14-10-4-1-3-9(7-10)8-15-11(13(17)18)5-2-6-12(15)16/h1,3-4,7,11H,2,5-6,8H2,(H,17,18). The molecule has 0 saturated carbocycles. The molecule has 1 aliphatic rings. The van der Waals surface area contributed by atoms with Crippen molar-refractivity contribution in [2.24, 2.45) is 0 Å². The Kier molecular flexibility index (Phi) is 3.87. The lowest BCUT2D eigenvalue weighted by Gasteiger charge is -2.33. The molecular weight excluding hydrogens is 254 g/mol. The summed E-state index contributed by atoms with van der Waals surface area (Å²) in [4.78, 5) is 24.4. The Bertz CT molecular complexity index is 475. The van der Waals surface area contributed by atoms with E-state index < -0.39 is 12.0 Å². The number of carboxylic acids is 1. The minimum atomic E-state index is -0.940. The van der Waals surface area contributed by atoms with Crippen LogP contribution in [0.1, 0.15) is 24.8 Å². The van der Waals surface area contributed by atoms with Gasteiger partial charge in [0, 0.05) is 18.0 Å². The number of likely N-dealkylation sites (tertiary alicyclic amines) is 1. The maximum absolute atomic E-state index is 11.8. The second-order valence-corrected chi connectivity index (χ2v) is 4.83. The number of carbonyl (C=O) groups excluding carboxylic acids is 1. The number of piperidine rings is 1. The van der Waals surface area contributed by atoms with Gasteiger partial charge in [-0.15, -0.1) is 0 Å². The number of carboxylic acid groups (broad SMARTS) is 1. The van der Waals surface area contributed by atoms with Crippen molar-refractivity contribution in [3.63, 3.8) is 0 Å². The smallest absolute Gasteiger partial charge is 0.326 e. The molecule has 5 heteroatoms. The first-order valence-corrected chi connectivity index (χ1v) is 6.22. The van der Waals surface area contributed by atoms with Crippen LogP contribution in [-0.4, -0.2) is 27.9 Å². The molecule has 2 rings (SSSR count). The van der Waals surface area contributed by atoms with Crippen molar-refractivity contribution in [3.05, 3.63) is 34.9 Å². The molecule has 1 saturated heterocycles. The summed E-state index contributed by atoms with van der Waals surface area (Å²) in [6, 6.07) is 6.42. The number of hydrogen-bond acceptors (Lipinski definition) is 2. The third-order valence-electron chi connectivity index (χ3n) is 3.09. The van der Waals surface area contributed by atoms with E-state index in [9.17, 15) is 9.59 Å². The molecule has 96 valence electrons. The van der Waals surface area contributed by atoms with Crippen molar-refractivity contribution in [1.82, 2.24) is 4.90 Å². The number of hydrogen-bond donors (Lipinski definition) is 1. The first-order chi connectivity index (χ1) is 8.58. The van der Waals surface area contributed by atoms with Gasteiger partial charge in [0.25, 0.3) is 0 Å². The molecule has 1 N–H and O–H groups in total. The SMILES string of the molecule is O=C(O)C1CCCC(=O)N1Cc1cccc(Cl)c1. The van der Waals surface area contributed by atoms with Crippen LogP contribution < -0.4 is 0 Å². The van der Waals surface area contributed by atoms with Gasteiger partial charge in [0.15, 0.2) is 0 Å². The van der Waals surface area contributed by atoms with E-state index >= 15 is 0 Å². The lowest BCUT2D eigenvalue weighted by Crippen LogP contribution is -2.47. The first-order valence-electron chi connectivity index (χ1n) is 5.84. The second-order valence-electron chi connectivity index (χ2n) is 4.40. The monoisotopic (exact) mass is 267 g/mol. The highest BCUT2D eigenvalue weighted by atomic mass is 35.5. The molecule has 0 aliphatic carbocycles. The number of aliphatic carboxylic acids is 1. The Morgan fingerprint density at radius 3 is 2.94 bits per heavy atom. The van der Waals surface area contributed by atoms with E-state index in [1.54, 1.807) is 18.2 Å². The van der Waals surface area contributed by atoms with Crippen molar-refractivity contribution in [1.29, 1.82) is 0 Å². The van der Waals surface area contributed by atoms with Gasteiger partial charge in [0.2, 0.25) is 5.91 Å². The molecule has 1 aromatic carbocycles. The van der Waals surface area contributed by atoms with Gasteiger partial charge < -0.3 is 10.0 Å². The summed E-state index contributed by atoms with van der Waals surface area (Å²) >= 11 is 5.88. The fourth-order valence-corrected chi connectivity index (χ4v) is 2.42. The number of rotatable bonds is 3. The minimum Gasteiger partial charge on any atom is -0.480 e. The fourth-order valence-electron chi connectivity index (χ4n) is 2.21. The van der Waals surface area contributed by atoms with Crippen molar-refractivity contribution in [2.75, 3.05) is 0 Å². The van der Waals surface area contributed by atoms with E-state index in [2.05, 4.69) is 0 Å². The lowest BCUT2D eigenvalue weighted by atomic mass is 10.0. The predicted molar refractivity (Wildman–Crippen MR) is 67.3 cm³/mol. The maximum Gasteiger partial charge on any atom is 0.326 e. The zero-order valence-electron chi connectivity index (χ0n) is 9.80. The molecule has 1 aliphatic heterocycles. The number of nitrogens with zero attached hydrogens (tertiary/aromatic N) is 1. The van der Waals surface area contributed by atoms with Gasteiger partial charge in [-0.25, -0.2) is 4.79 Å². The second kappa shape index (κ2) is 5.40. The summed E-state index contributed by atoms with van der Waals surface area (Å²) in [6.45, 7) is 0.302. The summed E-state index contributed by atoms with van der Waals surface area (Å²) in [6.07, 6.45) is 1.58. The quantitative estimate of drug-likeness (QED) is 0.914. The molecule has 0 spiro atoms. The number of amides is 1. The van der Waals surface area contributed by atoms with Gasteiger partial charge in [0.05, 0.1) is 0 Å². The molecule has 1 unspecified atom stereocenters. The zero-order valence-corrected chi connectivity index (χ0v) is 10.6. The molecule has 18 heavy (non-hydrogen) atoms. The molecule has 0 aromatic heterocycles. The number of benzene rings is 1. The van der Waals surface area contributed by atoms with Gasteiger partial charge in [-0.1, -0.05) is 23.7 Å². The van der Waals surface area contributed by atoms with Crippen LogP contribution in [0.2, 0.25) is 5.02 Å². The topological polar surface area (TPSA) is 57.6 Å². The van der Waals surface area contributed by atoms with Crippen LogP contribution in [0.4, 0.5) is 0 Å². The van der Waals surface area contributed by atoms with Crippen LogP contribution in [0.3, 0.4) is 0 Å². The number of halogens is 1. The Balaban J connectivity index is 2.18. The van der Waals surface area contributed by atoms with Crippen molar-refractivity contribution < 1.29 is 14.7 Å². The summed E-state index contributed by atoms with van der Waals surface area (Å²) in [5.74, 6) is -1.04. The average Bonchev–Trinajstić information content (AvgIpc) is 2.31. The van der Waals surface area contributed by atoms with E-state index in [0.29, 0.717) is 30.8 Å². The van der Waals surface area contributed by atoms with E-state index in [4.69, 9.17) is 16.7 Å². The Morgan fingerprint density at radius 2 is 2.28 bits per heavy atom. The zero-order chi connectivity index (χ0) is 13.1. The Morgan fingerprint density at radius 1 is 1.50 bits per heavy atom. The number of carbonyl (C=O) groups is 2. The average molecular weight is 268 g/mol. The molecule has 1 aromatic rings. The summed E-state index contributed by atoms with van der Waals surface area (Å²) in [5, 5.41) is 9.73. The molecule has 1 heterocycles. The highest BCUT2D eigenvalue weighted by Crippen LogP contribution is 2.22. The van der Waals surface area contributed by atoms with Crippen LogP contribution in [0, 0.1) is 0 Å². The molecule has 0 bridgehead atoms.